The number of carbonyl (C=O) groups excluding carboxylic acids is 2. The number of Topliss-reactive ketones (excluding diaryl/α,β-unsaturated/α-hetero) is 1. The molecule has 0 aliphatic heterocycles. The number of unbranched alkanes of at least 4 members (excludes halogenated alkanes) is 6. The van der Waals surface area contributed by atoms with Crippen molar-refractivity contribution >= 4 is 23.3 Å². The number of halogens is 1. The fourth-order valence-corrected chi connectivity index (χ4v) is 3.10. The summed E-state index contributed by atoms with van der Waals surface area (Å²) in [6, 6.07) is 6.87. The third-order valence-corrected chi connectivity index (χ3v) is 4.90. The Morgan fingerprint density at radius 2 is 1.35 bits per heavy atom. The first-order chi connectivity index (χ1) is 12.6. The van der Waals surface area contributed by atoms with Crippen molar-refractivity contribution in [3.8, 4) is 0 Å². The number of hydrogen-bond donors (Lipinski definition) is 0. The average molecular weight is 380 g/mol. The van der Waals surface area contributed by atoms with Gasteiger partial charge in [-0.3, -0.25) is 9.59 Å². The van der Waals surface area contributed by atoms with Gasteiger partial charge in [-0.05, 0) is 37.1 Å². The Morgan fingerprint density at radius 3 is 1.85 bits per heavy atom. The van der Waals surface area contributed by atoms with E-state index in [2.05, 4.69) is 13.8 Å². The lowest BCUT2D eigenvalue weighted by Gasteiger charge is -2.23. The molecule has 0 radical (unpaired) electrons. The molecule has 1 aromatic carbocycles. The first kappa shape index (κ1) is 22.7. The van der Waals surface area contributed by atoms with Gasteiger partial charge in [-0.1, -0.05) is 64.0 Å². The van der Waals surface area contributed by atoms with E-state index in [0.717, 1.165) is 25.9 Å². The molecule has 0 atom stereocenters. The smallest absolute Gasteiger partial charge is 0.223 e. The first-order valence-electron chi connectivity index (χ1n) is 10.1. The van der Waals surface area contributed by atoms with E-state index in [9.17, 15) is 9.59 Å². The lowest BCUT2D eigenvalue weighted by atomic mass is 10.1. The van der Waals surface area contributed by atoms with Crippen LogP contribution in [0.3, 0.4) is 0 Å². The Morgan fingerprint density at radius 1 is 0.808 bits per heavy atom. The Kier molecular flexibility index (Phi) is 12.0. The summed E-state index contributed by atoms with van der Waals surface area (Å²) in [4.78, 5) is 26.9. The topological polar surface area (TPSA) is 37.4 Å². The third-order valence-electron chi connectivity index (χ3n) is 4.65. The van der Waals surface area contributed by atoms with Crippen molar-refractivity contribution in [3.63, 3.8) is 0 Å². The fourth-order valence-electron chi connectivity index (χ4n) is 2.98. The summed E-state index contributed by atoms with van der Waals surface area (Å²) >= 11 is 5.86. The minimum atomic E-state index is 0.00642. The fraction of sp³-hybridized carbons (Fsp3) is 0.636. The van der Waals surface area contributed by atoms with Crippen molar-refractivity contribution in [2.24, 2.45) is 0 Å². The standard InChI is InChI=1S/C22H34ClNO2/c1-3-5-7-9-17-24(18-10-8-6-4-2)22(26)16-15-21(25)19-11-13-20(23)14-12-19/h11-14H,3-10,15-18H2,1-2H3. The Bertz CT molecular complexity index is 515. The number of amides is 1. The SMILES string of the molecule is CCCCCCN(CCCCCC)C(=O)CCC(=O)c1ccc(Cl)cc1. The highest BCUT2D eigenvalue weighted by molar-refractivity contribution is 6.30. The van der Waals surface area contributed by atoms with Crippen LogP contribution in [0.5, 0.6) is 0 Å². The lowest BCUT2D eigenvalue weighted by Crippen LogP contribution is -2.33. The van der Waals surface area contributed by atoms with Crippen LogP contribution in [0.1, 0.15) is 88.4 Å². The van der Waals surface area contributed by atoms with Crippen LogP contribution in [-0.2, 0) is 4.79 Å². The van der Waals surface area contributed by atoms with Crippen molar-refractivity contribution in [2.75, 3.05) is 13.1 Å². The molecule has 0 bridgehead atoms. The summed E-state index contributed by atoms with van der Waals surface area (Å²) in [5, 5.41) is 0.614. The molecule has 26 heavy (non-hydrogen) atoms. The molecule has 0 N–H and O–H groups in total. The van der Waals surface area contributed by atoms with Gasteiger partial charge in [-0.25, -0.2) is 0 Å². The summed E-state index contributed by atoms with van der Waals surface area (Å²) in [6.45, 7) is 6.02. The van der Waals surface area contributed by atoms with E-state index in [4.69, 9.17) is 11.6 Å². The zero-order valence-electron chi connectivity index (χ0n) is 16.4. The predicted molar refractivity (Wildman–Crippen MR) is 110 cm³/mol. The molecule has 0 unspecified atom stereocenters. The van der Waals surface area contributed by atoms with Crippen LogP contribution in [-0.4, -0.2) is 29.7 Å². The minimum absolute atomic E-state index is 0.00642. The highest BCUT2D eigenvalue weighted by Crippen LogP contribution is 2.13. The zero-order valence-corrected chi connectivity index (χ0v) is 17.2. The molecular formula is C22H34ClNO2. The molecule has 0 aromatic heterocycles. The summed E-state index contributed by atoms with van der Waals surface area (Å²) < 4.78 is 0. The van der Waals surface area contributed by atoms with Crippen molar-refractivity contribution in [2.45, 2.75) is 78.1 Å². The van der Waals surface area contributed by atoms with Crippen molar-refractivity contribution in [1.82, 2.24) is 4.90 Å². The second kappa shape index (κ2) is 13.8. The van der Waals surface area contributed by atoms with Crippen LogP contribution < -0.4 is 0 Å². The van der Waals surface area contributed by atoms with Crippen LogP contribution in [0, 0.1) is 0 Å². The van der Waals surface area contributed by atoms with E-state index in [1.54, 1.807) is 24.3 Å². The molecule has 1 amide bonds. The van der Waals surface area contributed by atoms with E-state index in [-0.39, 0.29) is 18.1 Å². The summed E-state index contributed by atoms with van der Waals surface area (Å²) in [7, 11) is 0. The van der Waals surface area contributed by atoms with Crippen molar-refractivity contribution in [1.29, 1.82) is 0 Å². The van der Waals surface area contributed by atoms with Crippen molar-refractivity contribution < 1.29 is 9.59 Å². The summed E-state index contributed by atoms with van der Waals surface area (Å²) in [5.74, 6) is 0.118. The van der Waals surface area contributed by atoms with E-state index < -0.39 is 0 Å². The Hall–Kier alpha value is -1.35. The van der Waals surface area contributed by atoms with Gasteiger partial charge in [0.25, 0.3) is 0 Å². The number of rotatable bonds is 14. The Balaban J connectivity index is 2.47. The molecule has 0 aliphatic rings. The van der Waals surface area contributed by atoms with Crippen molar-refractivity contribution in [3.05, 3.63) is 34.9 Å². The number of hydrogen-bond acceptors (Lipinski definition) is 2. The molecule has 0 saturated heterocycles. The highest BCUT2D eigenvalue weighted by Gasteiger charge is 2.15. The molecule has 146 valence electrons. The van der Waals surface area contributed by atoms with Crippen LogP contribution in [0.4, 0.5) is 0 Å². The number of ketones is 1. The van der Waals surface area contributed by atoms with Gasteiger partial charge in [0.1, 0.15) is 0 Å². The van der Waals surface area contributed by atoms with Crippen LogP contribution in [0.25, 0.3) is 0 Å². The quantitative estimate of drug-likeness (QED) is 0.281. The molecule has 0 aliphatic carbocycles. The average Bonchev–Trinajstić information content (AvgIpc) is 2.65. The molecular weight excluding hydrogens is 346 g/mol. The minimum Gasteiger partial charge on any atom is -0.343 e. The molecule has 0 saturated carbocycles. The molecule has 1 aromatic rings. The first-order valence-corrected chi connectivity index (χ1v) is 10.5. The lowest BCUT2D eigenvalue weighted by molar-refractivity contribution is -0.131. The molecule has 4 heteroatoms. The Labute approximate surface area is 164 Å². The largest absolute Gasteiger partial charge is 0.343 e. The van der Waals surface area contributed by atoms with Gasteiger partial charge < -0.3 is 4.90 Å². The number of carbonyl (C=O) groups is 2. The second-order valence-corrected chi connectivity index (χ2v) is 7.37. The van der Waals surface area contributed by atoms with Gasteiger partial charge >= 0.3 is 0 Å². The van der Waals surface area contributed by atoms with E-state index in [1.807, 2.05) is 4.90 Å². The molecule has 1 rings (SSSR count). The van der Waals surface area contributed by atoms with Gasteiger partial charge in [0.2, 0.25) is 5.91 Å². The molecule has 0 fully saturated rings. The number of benzene rings is 1. The van der Waals surface area contributed by atoms with Crippen LogP contribution in [0.15, 0.2) is 24.3 Å². The highest BCUT2D eigenvalue weighted by atomic mass is 35.5. The van der Waals surface area contributed by atoms with Gasteiger partial charge in [-0.2, -0.15) is 0 Å². The van der Waals surface area contributed by atoms with Crippen LogP contribution in [0.2, 0.25) is 5.02 Å². The summed E-state index contributed by atoms with van der Waals surface area (Å²) in [6.07, 6.45) is 9.82. The van der Waals surface area contributed by atoms with Crippen LogP contribution >= 0.6 is 11.6 Å². The second-order valence-electron chi connectivity index (χ2n) is 6.93. The third kappa shape index (κ3) is 9.38. The van der Waals surface area contributed by atoms with E-state index >= 15 is 0 Å². The predicted octanol–water partition coefficient (Wildman–Crippen LogP) is 6.29. The maximum absolute atomic E-state index is 12.6. The van der Waals surface area contributed by atoms with Gasteiger partial charge in [0.05, 0.1) is 0 Å². The maximum Gasteiger partial charge on any atom is 0.223 e. The monoisotopic (exact) mass is 379 g/mol. The van der Waals surface area contributed by atoms with Gasteiger partial charge in [0.15, 0.2) is 5.78 Å². The van der Waals surface area contributed by atoms with E-state index in [1.165, 1.54) is 38.5 Å². The normalized spacial score (nSPS) is 10.7. The van der Waals surface area contributed by atoms with Gasteiger partial charge in [-0.15, -0.1) is 0 Å². The van der Waals surface area contributed by atoms with Gasteiger partial charge in [0, 0.05) is 36.5 Å². The molecule has 0 heterocycles. The molecule has 3 nitrogen and oxygen atoms in total. The zero-order chi connectivity index (χ0) is 19.2. The summed E-state index contributed by atoms with van der Waals surface area (Å²) in [5.41, 5.74) is 0.625. The maximum atomic E-state index is 12.6. The van der Waals surface area contributed by atoms with E-state index in [0.29, 0.717) is 17.0 Å². The molecule has 0 spiro atoms. The number of nitrogens with zero attached hydrogens (tertiary/aromatic N) is 1.